The molecular weight excluding hydrogens is 258 g/mol. The molecular formula is C14H17N3O3. The molecule has 0 atom stereocenters. The second kappa shape index (κ2) is 7.92. The zero-order valence-electron chi connectivity index (χ0n) is 11.5. The number of carbonyl (C=O) groups is 2. The van der Waals surface area contributed by atoms with Gasteiger partial charge in [-0.3, -0.25) is 14.5 Å². The third-order valence-electron chi connectivity index (χ3n) is 2.69. The summed E-state index contributed by atoms with van der Waals surface area (Å²) in [5.41, 5.74) is 1.15. The predicted molar refractivity (Wildman–Crippen MR) is 73.9 cm³/mol. The number of nitriles is 1. The number of carbonyl (C=O) groups excluding carboxylic acids is 2. The van der Waals surface area contributed by atoms with E-state index in [9.17, 15) is 9.59 Å². The minimum Gasteiger partial charge on any atom is -0.468 e. The highest BCUT2D eigenvalue weighted by atomic mass is 16.5. The van der Waals surface area contributed by atoms with Gasteiger partial charge in [0.25, 0.3) is 0 Å². The zero-order chi connectivity index (χ0) is 15.0. The van der Waals surface area contributed by atoms with Gasteiger partial charge in [-0.2, -0.15) is 5.26 Å². The van der Waals surface area contributed by atoms with Gasteiger partial charge < -0.3 is 10.1 Å². The van der Waals surface area contributed by atoms with E-state index in [1.165, 1.54) is 7.11 Å². The molecule has 0 spiro atoms. The number of anilines is 1. The number of nitrogens with one attached hydrogen (secondary N) is 1. The number of ether oxygens (including phenoxy) is 1. The highest BCUT2D eigenvalue weighted by Crippen LogP contribution is 2.08. The van der Waals surface area contributed by atoms with Crippen LogP contribution in [0, 0.1) is 11.3 Å². The fourth-order valence-electron chi connectivity index (χ4n) is 1.56. The second-order valence-corrected chi connectivity index (χ2v) is 4.12. The van der Waals surface area contributed by atoms with Crippen LogP contribution in [0.3, 0.4) is 0 Å². The first-order valence-corrected chi connectivity index (χ1v) is 6.18. The quantitative estimate of drug-likeness (QED) is 0.783. The molecule has 0 fully saturated rings. The molecule has 1 rings (SSSR count). The van der Waals surface area contributed by atoms with Crippen molar-refractivity contribution in [3.05, 3.63) is 29.8 Å². The SMILES string of the molecule is CCN(CC(=O)Nc1ccc(C#N)cc1)CC(=O)OC. The minimum absolute atomic E-state index is 0.0772. The summed E-state index contributed by atoms with van der Waals surface area (Å²) in [5.74, 6) is -0.599. The summed E-state index contributed by atoms with van der Waals surface area (Å²) in [5, 5.41) is 11.4. The average Bonchev–Trinajstić information content (AvgIpc) is 2.47. The van der Waals surface area contributed by atoms with Crippen LogP contribution in [0.15, 0.2) is 24.3 Å². The van der Waals surface area contributed by atoms with Gasteiger partial charge in [-0.1, -0.05) is 6.92 Å². The number of hydrogen-bond acceptors (Lipinski definition) is 5. The molecule has 0 saturated heterocycles. The lowest BCUT2D eigenvalue weighted by Gasteiger charge is -2.18. The van der Waals surface area contributed by atoms with Crippen LogP contribution in [0.4, 0.5) is 5.69 Å². The normalized spacial score (nSPS) is 9.90. The standard InChI is InChI=1S/C14H17N3O3/c1-3-17(10-14(19)20-2)9-13(18)16-12-6-4-11(8-15)5-7-12/h4-7H,3,9-10H2,1-2H3,(H,16,18). The van der Waals surface area contributed by atoms with Crippen LogP contribution in [0.5, 0.6) is 0 Å². The molecule has 106 valence electrons. The summed E-state index contributed by atoms with van der Waals surface area (Å²) >= 11 is 0. The van der Waals surface area contributed by atoms with Gasteiger partial charge in [0.05, 0.1) is 31.8 Å². The van der Waals surface area contributed by atoms with E-state index in [1.807, 2.05) is 13.0 Å². The van der Waals surface area contributed by atoms with Crippen molar-refractivity contribution >= 4 is 17.6 Å². The lowest BCUT2D eigenvalue weighted by molar-refractivity contribution is -0.142. The molecule has 6 heteroatoms. The van der Waals surface area contributed by atoms with Crippen molar-refractivity contribution < 1.29 is 14.3 Å². The molecule has 1 N–H and O–H groups in total. The number of esters is 1. The molecule has 0 heterocycles. The molecule has 0 bridgehead atoms. The van der Waals surface area contributed by atoms with E-state index >= 15 is 0 Å². The Balaban J connectivity index is 2.52. The van der Waals surface area contributed by atoms with Crippen molar-refractivity contribution in [2.24, 2.45) is 0 Å². The summed E-state index contributed by atoms with van der Waals surface area (Å²) in [6.07, 6.45) is 0. The van der Waals surface area contributed by atoms with Crippen LogP contribution < -0.4 is 5.32 Å². The maximum Gasteiger partial charge on any atom is 0.319 e. The van der Waals surface area contributed by atoms with Crippen LogP contribution in [0.1, 0.15) is 12.5 Å². The molecule has 1 aromatic rings. The first-order valence-electron chi connectivity index (χ1n) is 6.18. The molecule has 0 aromatic heterocycles. The Labute approximate surface area is 117 Å². The summed E-state index contributed by atoms with van der Waals surface area (Å²) < 4.78 is 4.56. The van der Waals surface area contributed by atoms with E-state index in [0.29, 0.717) is 17.8 Å². The maximum absolute atomic E-state index is 11.8. The first-order chi connectivity index (χ1) is 9.58. The van der Waals surface area contributed by atoms with Crippen LogP contribution in [-0.2, 0) is 14.3 Å². The smallest absolute Gasteiger partial charge is 0.319 e. The highest BCUT2D eigenvalue weighted by molar-refractivity contribution is 5.92. The maximum atomic E-state index is 11.8. The van der Waals surface area contributed by atoms with Gasteiger partial charge in [0.2, 0.25) is 5.91 Å². The van der Waals surface area contributed by atoms with Crippen molar-refractivity contribution in [3.63, 3.8) is 0 Å². The molecule has 1 amide bonds. The predicted octanol–water partition coefficient (Wildman–Crippen LogP) is 0.992. The van der Waals surface area contributed by atoms with E-state index in [2.05, 4.69) is 10.1 Å². The van der Waals surface area contributed by atoms with Gasteiger partial charge >= 0.3 is 5.97 Å². The number of likely N-dealkylation sites (N-methyl/N-ethyl adjacent to an activating group) is 1. The van der Waals surface area contributed by atoms with Crippen LogP contribution in [0.25, 0.3) is 0 Å². The summed E-state index contributed by atoms with van der Waals surface area (Å²) in [6.45, 7) is 2.60. The second-order valence-electron chi connectivity index (χ2n) is 4.12. The summed E-state index contributed by atoms with van der Waals surface area (Å²) in [4.78, 5) is 24.7. The summed E-state index contributed by atoms with van der Waals surface area (Å²) in [7, 11) is 1.31. The fourth-order valence-corrected chi connectivity index (χ4v) is 1.56. The number of rotatable bonds is 6. The van der Waals surface area contributed by atoms with Gasteiger partial charge in [0.15, 0.2) is 0 Å². The van der Waals surface area contributed by atoms with Crippen LogP contribution in [-0.4, -0.2) is 43.5 Å². The van der Waals surface area contributed by atoms with Crippen molar-refractivity contribution in [1.82, 2.24) is 4.90 Å². The Morgan fingerprint density at radius 1 is 1.30 bits per heavy atom. The van der Waals surface area contributed by atoms with Crippen molar-refractivity contribution in [1.29, 1.82) is 5.26 Å². The van der Waals surface area contributed by atoms with E-state index in [1.54, 1.807) is 29.2 Å². The molecule has 0 aliphatic carbocycles. The van der Waals surface area contributed by atoms with Gasteiger partial charge in [-0.05, 0) is 30.8 Å². The van der Waals surface area contributed by atoms with Gasteiger partial charge in [0.1, 0.15) is 0 Å². The van der Waals surface area contributed by atoms with Crippen LogP contribution >= 0.6 is 0 Å². The Morgan fingerprint density at radius 2 is 1.95 bits per heavy atom. The number of amides is 1. The number of methoxy groups -OCH3 is 1. The molecule has 0 aliphatic heterocycles. The van der Waals surface area contributed by atoms with E-state index < -0.39 is 0 Å². The average molecular weight is 275 g/mol. The van der Waals surface area contributed by atoms with E-state index in [-0.39, 0.29) is 25.0 Å². The summed E-state index contributed by atoms with van der Waals surface area (Å²) in [6, 6.07) is 8.58. The molecule has 0 aliphatic rings. The Morgan fingerprint density at radius 3 is 2.45 bits per heavy atom. The third kappa shape index (κ3) is 5.08. The Hall–Kier alpha value is -2.39. The lowest BCUT2D eigenvalue weighted by atomic mass is 10.2. The topological polar surface area (TPSA) is 82.4 Å². The van der Waals surface area contributed by atoms with Crippen molar-refractivity contribution in [2.45, 2.75) is 6.92 Å². The van der Waals surface area contributed by atoms with Crippen molar-refractivity contribution in [2.75, 3.05) is 32.1 Å². The van der Waals surface area contributed by atoms with Gasteiger partial charge in [-0.25, -0.2) is 0 Å². The first kappa shape index (κ1) is 15.7. The van der Waals surface area contributed by atoms with Gasteiger partial charge in [0, 0.05) is 5.69 Å². The Bertz CT molecular complexity index is 505. The molecule has 20 heavy (non-hydrogen) atoms. The lowest BCUT2D eigenvalue weighted by Crippen LogP contribution is -2.37. The molecule has 0 radical (unpaired) electrons. The zero-order valence-corrected chi connectivity index (χ0v) is 11.5. The van der Waals surface area contributed by atoms with Crippen LogP contribution in [0.2, 0.25) is 0 Å². The highest BCUT2D eigenvalue weighted by Gasteiger charge is 2.13. The largest absolute Gasteiger partial charge is 0.468 e. The van der Waals surface area contributed by atoms with E-state index in [0.717, 1.165) is 0 Å². The molecule has 0 unspecified atom stereocenters. The fraction of sp³-hybridized carbons (Fsp3) is 0.357. The monoisotopic (exact) mass is 275 g/mol. The minimum atomic E-state index is -0.377. The van der Waals surface area contributed by atoms with Gasteiger partial charge in [-0.15, -0.1) is 0 Å². The number of benzene rings is 1. The number of nitrogens with zero attached hydrogens (tertiary/aromatic N) is 2. The molecule has 0 saturated carbocycles. The Kier molecular flexibility index (Phi) is 6.20. The molecule has 6 nitrogen and oxygen atoms in total. The third-order valence-corrected chi connectivity index (χ3v) is 2.69. The number of hydrogen-bond donors (Lipinski definition) is 1. The molecule has 1 aromatic carbocycles. The van der Waals surface area contributed by atoms with E-state index in [4.69, 9.17) is 5.26 Å². The van der Waals surface area contributed by atoms with Crippen molar-refractivity contribution in [3.8, 4) is 6.07 Å².